The summed E-state index contributed by atoms with van der Waals surface area (Å²) in [5, 5.41) is 10.4. The van der Waals surface area contributed by atoms with Crippen LogP contribution in [0.15, 0.2) is 36.4 Å². The molecule has 2 heterocycles. The van der Waals surface area contributed by atoms with E-state index in [4.69, 9.17) is 14.2 Å². The third-order valence-electron chi connectivity index (χ3n) is 7.48. The third kappa shape index (κ3) is 6.31. The van der Waals surface area contributed by atoms with E-state index >= 15 is 0 Å². The highest BCUT2D eigenvalue weighted by Crippen LogP contribution is 2.48. The summed E-state index contributed by atoms with van der Waals surface area (Å²) < 4.78 is 58.4. The largest absolute Gasteiger partial charge is 0.494 e. The molecule has 0 aliphatic carbocycles. The number of ether oxygens (including phenoxy) is 3. The van der Waals surface area contributed by atoms with Crippen LogP contribution < -0.4 is 14.2 Å². The second-order valence-electron chi connectivity index (χ2n) is 9.99. The molecule has 3 atom stereocenters. The lowest BCUT2D eigenvalue weighted by molar-refractivity contribution is -0.143. The molecular weight excluding hydrogens is 527 g/mol. The summed E-state index contributed by atoms with van der Waals surface area (Å²) in [6, 6.07) is 9.22. The Bertz CT molecular complexity index is 1270. The number of rotatable bonds is 13. The molecule has 0 spiro atoms. The molecule has 2 aromatic rings. The Morgan fingerprint density at radius 3 is 2.51 bits per heavy atom. The lowest BCUT2D eigenvalue weighted by atomic mass is 9.82. The number of nitrogens with zero attached hydrogens (tertiary/aromatic N) is 2. The Morgan fingerprint density at radius 2 is 1.85 bits per heavy atom. The van der Waals surface area contributed by atoms with Gasteiger partial charge < -0.3 is 19.3 Å². The number of aliphatic carboxylic acids is 1. The zero-order chi connectivity index (χ0) is 28.2. The molecule has 2 aliphatic rings. The van der Waals surface area contributed by atoms with Gasteiger partial charge in [0.2, 0.25) is 16.8 Å². The molecule has 0 amide bonds. The number of fused-ring (bicyclic) bond motifs is 1. The number of halogens is 1. The number of unbranched alkanes of at least 4 members (excludes halogenated alkanes) is 1. The van der Waals surface area contributed by atoms with Crippen LogP contribution in [0.25, 0.3) is 0 Å². The SMILES string of the molecule is CCCCS(=O)(=O)N(CCC)CCN1CC(c2ccc3c(c2)OCO3)C(C(=O)O)C1c1ccc(OC)c(F)c1. The second-order valence-corrected chi connectivity index (χ2v) is 12.1. The first-order valence-corrected chi connectivity index (χ1v) is 15.0. The van der Waals surface area contributed by atoms with E-state index in [1.807, 2.05) is 24.8 Å². The van der Waals surface area contributed by atoms with Crippen molar-refractivity contribution in [3.63, 3.8) is 0 Å². The first kappa shape index (κ1) is 29.1. The normalized spacial score (nSPS) is 21.0. The van der Waals surface area contributed by atoms with Crippen LogP contribution in [0.1, 0.15) is 56.2 Å². The van der Waals surface area contributed by atoms with Crippen molar-refractivity contribution in [2.75, 3.05) is 45.8 Å². The molecule has 9 nitrogen and oxygen atoms in total. The van der Waals surface area contributed by atoms with Gasteiger partial charge in [-0.15, -0.1) is 0 Å². The number of hydrogen-bond donors (Lipinski definition) is 1. The molecule has 1 saturated heterocycles. The average Bonchev–Trinajstić information content (AvgIpc) is 3.54. The molecule has 39 heavy (non-hydrogen) atoms. The number of methoxy groups -OCH3 is 1. The number of sulfonamides is 1. The summed E-state index contributed by atoms with van der Waals surface area (Å²) in [6.07, 6.45) is 2.01. The Labute approximate surface area is 229 Å². The highest BCUT2D eigenvalue weighted by atomic mass is 32.2. The van der Waals surface area contributed by atoms with Gasteiger partial charge in [-0.3, -0.25) is 9.69 Å². The van der Waals surface area contributed by atoms with Crippen LogP contribution in [0.2, 0.25) is 0 Å². The van der Waals surface area contributed by atoms with Crippen molar-refractivity contribution < 1.29 is 36.9 Å². The van der Waals surface area contributed by atoms with E-state index in [-0.39, 0.29) is 24.8 Å². The highest BCUT2D eigenvalue weighted by molar-refractivity contribution is 7.89. The van der Waals surface area contributed by atoms with Gasteiger partial charge in [0.25, 0.3) is 0 Å². The van der Waals surface area contributed by atoms with Crippen LogP contribution in [-0.2, 0) is 14.8 Å². The maximum atomic E-state index is 14.8. The fraction of sp³-hybridized carbons (Fsp3) is 0.536. The number of carbonyl (C=O) groups is 1. The van der Waals surface area contributed by atoms with Gasteiger partial charge in [0.05, 0.1) is 18.8 Å². The Morgan fingerprint density at radius 1 is 1.10 bits per heavy atom. The molecule has 0 saturated carbocycles. The number of carboxylic acid groups (broad SMARTS) is 1. The number of hydrogen-bond acceptors (Lipinski definition) is 7. The first-order chi connectivity index (χ1) is 18.7. The first-order valence-electron chi connectivity index (χ1n) is 13.4. The lowest BCUT2D eigenvalue weighted by Crippen LogP contribution is -2.40. The van der Waals surface area contributed by atoms with Crippen molar-refractivity contribution in [2.24, 2.45) is 5.92 Å². The smallest absolute Gasteiger partial charge is 0.309 e. The molecule has 1 fully saturated rings. The van der Waals surface area contributed by atoms with Gasteiger partial charge in [-0.2, -0.15) is 0 Å². The molecule has 0 radical (unpaired) electrons. The minimum Gasteiger partial charge on any atom is -0.494 e. The van der Waals surface area contributed by atoms with E-state index in [0.717, 1.165) is 12.0 Å². The van der Waals surface area contributed by atoms with Crippen LogP contribution in [0.3, 0.4) is 0 Å². The fourth-order valence-electron chi connectivity index (χ4n) is 5.54. The van der Waals surface area contributed by atoms with Crippen molar-refractivity contribution in [1.82, 2.24) is 9.21 Å². The van der Waals surface area contributed by atoms with Crippen molar-refractivity contribution in [1.29, 1.82) is 0 Å². The predicted octanol–water partition coefficient (Wildman–Crippen LogP) is 4.25. The van der Waals surface area contributed by atoms with E-state index in [0.29, 0.717) is 49.5 Å². The van der Waals surface area contributed by atoms with Gasteiger partial charge in [-0.25, -0.2) is 17.1 Å². The minimum atomic E-state index is -3.46. The third-order valence-corrected chi connectivity index (χ3v) is 9.44. The van der Waals surface area contributed by atoms with Gasteiger partial charge >= 0.3 is 5.97 Å². The zero-order valence-electron chi connectivity index (χ0n) is 22.6. The van der Waals surface area contributed by atoms with E-state index in [9.17, 15) is 22.7 Å². The zero-order valence-corrected chi connectivity index (χ0v) is 23.5. The molecule has 3 unspecified atom stereocenters. The summed E-state index contributed by atoms with van der Waals surface area (Å²) in [7, 11) is -2.08. The van der Waals surface area contributed by atoms with E-state index < -0.39 is 39.7 Å². The van der Waals surface area contributed by atoms with Crippen LogP contribution in [0.4, 0.5) is 4.39 Å². The monoisotopic (exact) mass is 564 g/mol. The Kier molecular flexibility index (Phi) is 9.35. The molecule has 214 valence electrons. The summed E-state index contributed by atoms with van der Waals surface area (Å²) in [6.45, 7) is 5.23. The highest BCUT2D eigenvalue weighted by Gasteiger charge is 2.48. The van der Waals surface area contributed by atoms with Crippen LogP contribution in [0.5, 0.6) is 17.2 Å². The Balaban J connectivity index is 1.69. The van der Waals surface area contributed by atoms with Gasteiger partial charge in [-0.05, 0) is 48.2 Å². The number of benzene rings is 2. The topological polar surface area (TPSA) is 106 Å². The summed E-state index contributed by atoms with van der Waals surface area (Å²) >= 11 is 0. The minimum absolute atomic E-state index is 0.0682. The molecule has 4 rings (SSSR count). The van der Waals surface area contributed by atoms with Crippen molar-refractivity contribution in [3.8, 4) is 17.2 Å². The number of likely N-dealkylation sites (tertiary alicyclic amines) is 1. The number of carboxylic acids is 1. The Hall–Kier alpha value is -2.89. The van der Waals surface area contributed by atoms with Gasteiger partial charge in [0, 0.05) is 38.1 Å². The maximum absolute atomic E-state index is 14.8. The fourth-order valence-corrected chi connectivity index (χ4v) is 7.27. The van der Waals surface area contributed by atoms with E-state index in [1.54, 1.807) is 18.2 Å². The quantitative estimate of drug-likeness (QED) is 0.385. The molecule has 1 N–H and O–H groups in total. The molecular formula is C28H37FN2O7S. The van der Waals surface area contributed by atoms with Gasteiger partial charge in [-0.1, -0.05) is 32.4 Å². The molecule has 2 aromatic carbocycles. The lowest BCUT2D eigenvalue weighted by Gasteiger charge is -2.30. The maximum Gasteiger partial charge on any atom is 0.309 e. The van der Waals surface area contributed by atoms with Crippen molar-refractivity contribution in [2.45, 2.75) is 45.1 Å². The predicted molar refractivity (Wildman–Crippen MR) is 144 cm³/mol. The van der Waals surface area contributed by atoms with E-state index in [1.165, 1.54) is 23.5 Å². The van der Waals surface area contributed by atoms with Crippen LogP contribution >= 0.6 is 0 Å². The second kappa shape index (κ2) is 12.5. The van der Waals surface area contributed by atoms with Gasteiger partial charge in [0.1, 0.15) is 0 Å². The van der Waals surface area contributed by atoms with Crippen LogP contribution in [-0.4, -0.2) is 74.5 Å². The summed E-state index contributed by atoms with van der Waals surface area (Å²) in [5.74, 6) is -1.65. The standard InChI is InChI=1S/C28H37FN2O7S/c1-4-6-14-39(34,35)31(11-5-2)13-12-30-17-21(19-7-10-24-25(16-19)38-18-37-24)26(28(32)33)27(30)20-8-9-23(36-3)22(29)15-20/h7-10,15-16,21,26-27H,4-6,11-14,17-18H2,1-3H3,(H,32,33). The van der Waals surface area contributed by atoms with Gasteiger partial charge in [0.15, 0.2) is 23.1 Å². The molecule has 11 heteroatoms. The van der Waals surface area contributed by atoms with Crippen molar-refractivity contribution >= 4 is 16.0 Å². The summed E-state index contributed by atoms with van der Waals surface area (Å²) in [4.78, 5) is 14.7. The van der Waals surface area contributed by atoms with Crippen LogP contribution in [0, 0.1) is 11.7 Å². The van der Waals surface area contributed by atoms with Crippen molar-refractivity contribution in [3.05, 3.63) is 53.3 Å². The average molecular weight is 565 g/mol. The molecule has 0 aromatic heterocycles. The molecule has 0 bridgehead atoms. The molecule has 2 aliphatic heterocycles. The summed E-state index contributed by atoms with van der Waals surface area (Å²) in [5.41, 5.74) is 1.27. The van der Waals surface area contributed by atoms with E-state index in [2.05, 4.69) is 0 Å².